The van der Waals surface area contributed by atoms with Crippen LogP contribution in [0.3, 0.4) is 0 Å². The highest BCUT2D eigenvalue weighted by Gasteiger charge is 2.07. The molecule has 0 saturated carbocycles. The summed E-state index contributed by atoms with van der Waals surface area (Å²) in [5.41, 5.74) is 5.34. The first-order valence-electron chi connectivity index (χ1n) is 3.96. The molecule has 0 amide bonds. The highest BCUT2D eigenvalue weighted by Crippen LogP contribution is 2.22. The molecule has 0 spiro atoms. The molecular formula is C8H6ClFN4O. The van der Waals surface area contributed by atoms with E-state index in [1.807, 2.05) is 0 Å². The summed E-state index contributed by atoms with van der Waals surface area (Å²) in [6, 6.07) is 3.97. The van der Waals surface area contributed by atoms with Gasteiger partial charge in [0.1, 0.15) is 5.82 Å². The Morgan fingerprint density at radius 3 is 2.87 bits per heavy atom. The summed E-state index contributed by atoms with van der Waals surface area (Å²) in [4.78, 5) is 0. The van der Waals surface area contributed by atoms with Crippen molar-refractivity contribution in [1.29, 1.82) is 0 Å². The molecule has 0 atom stereocenters. The van der Waals surface area contributed by atoms with Crippen LogP contribution in [0, 0.1) is 5.82 Å². The van der Waals surface area contributed by atoms with Gasteiger partial charge in [0.2, 0.25) is 0 Å². The average molecular weight is 229 g/mol. The monoisotopic (exact) mass is 228 g/mol. The predicted octanol–water partition coefficient (Wildman–Crippen LogP) is 2.19. The van der Waals surface area contributed by atoms with Crippen LogP contribution in [-0.4, -0.2) is 10.2 Å². The summed E-state index contributed by atoms with van der Waals surface area (Å²) in [5, 5.41) is 9.88. The van der Waals surface area contributed by atoms with Crippen molar-refractivity contribution >= 4 is 29.3 Å². The molecule has 0 aliphatic carbocycles. The summed E-state index contributed by atoms with van der Waals surface area (Å²) in [5.74, 6) is -0.476. The van der Waals surface area contributed by atoms with Crippen LogP contribution in [0.15, 0.2) is 22.6 Å². The van der Waals surface area contributed by atoms with Crippen molar-refractivity contribution in [2.75, 3.05) is 11.1 Å². The number of hydrogen-bond acceptors (Lipinski definition) is 5. The van der Waals surface area contributed by atoms with Gasteiger partial charge in [-0.2, -0.15) is 0 Å². The van der Waals surface area contributed by atoms with Gasteiger partial charge in [0.25, 0.3) is 0 Å². The number of anilines is 3. The van der Waals surface area contributed by atoms with Crippen molar-refractivity contribution in [3.63, 3.8) is 0 Å². The molecule has 15 heavy (non-hydrogen) atoms. The Balaban J connectivity index is 2.27. The molecular weight excluding hydrogens is 223 g/mol. The molecule has 0 aliphatic heterocycles. The number of aromatic nitrogens is 2. The third-order valence-electron chi connectivity index (χ3n) is 1.61. The van der Waals surface area contributed by atoms with Gasteiger partial charge in [0, 0.05) is 5.02 Å². The first-order valence-corrected chi connectivity index (χ1v) is 4.34. The van der Waals surface area contributed by atoms with E-state index < -0.39 is 5.82 Å². The molecule has 0 fully saturated rings. The third kappa shape index (κ3) is 2.16. The molecule has 1 aromatic carbocycles. The number of hydrogen-bond donors (Lipinski definition) is 2. The van der Waals surface area contributed by atoms with Crippen LogP contribution in [-0.2, 0) is 0 Å². The maximum absolute atomic E-state index is 13.2. The number of nitrogen functional groups attached to an aromatic ring is 1. The molecule has 2 aromatic rings. The fourth-order valence-electron chi connectivity index (χ4n) is 0.994. The van der Waals surface area contributed by atoms with Gasteiger partial charge >= 0.3 is 12.0 Å². The first kappa shape index (κ1) is 9.72. The van der Waals surface area contributed by atoms with E-state index in [4.69, 9.17) is 21.8 Å². The molecule has 78 valence electrons. The molecule has 2 rings (SSSR count). The molecule has 1 aromatic heterocycles. The Bertz CT molecular complexity index is 487. The summed E-state index contributed by atoms with van der Waals surface area (Å²) in [6.07, 6.45) is 0. The van der Waals surface area contributed by atoms with E-state index >= 15 is 0 Å². The van der Waals surface area contributed by atoms with E-state index in [0.717, 1.165) is 0 Å². The second-order valence-corrected chi connectivity index (χ2v) is 3.13. The van der Waals surface area contributed by atoms with E-state index in [0.29, 0.717) is 5.02 Å². The van der Waals surface area contributed by atoms with E-state index in [9.17, 15) is 4.39 Å². The van der Waals surface area contributed by atoms with Gasteiger partial charge in [-0.1, -0.05) is 21.8 Å². The first-order chi connectivity index (χ1) is 7.15. The minimum atomic E-state index is -0.476. The average Bonchev–Trinajstić information content (AvgIpc) is 2.58. The standard InChI is InChI=1S/C8H6ClFN4O/c9-4-1-2-5(10)6(3-4)12-8-14-13-7(11)15-8/h1-3H,(H2,11,13)(H,12,14). The lowest BCUT2D eigenvalue weighted by atomic mass is 10.3. The Morgan fingerprint density at radius 2 is 2.20 bits per heavy atom. The molecule has 0 saturated heterocycles. The minimum Gasteiger partial charge on any atom is -0.389 e. The Morgan fingerprint density at radius 1 is 1.40 bits per heavy atom. The Labute approximate surface area is 89.0 Å². The van der Waals surface area contributed by atoms with Gasteiger partial charge in [0.15, 0.2) is 0 Å². The van der Waals surface area contributed by atoms with Crippen LogP contribution in [0.4, 0.5) is 22.1 Å². The van der Waals surface area contributed by atoms with Gasteiger partial charge in [0.05, 0.1) is 5.69 Å². The molecule has 7 heteroatoms. The lowest BCUT2D eigenvalue weighted by molar-refractivity contribution is 0.589. The molecule has 0 radical (unpaired) electrons. The van der Waals surface area contributed by atoms with Crippen LogP contribution < -0.4 is 11.1 Å². The number of benzene rings is 1. The normalized spacial score (nSPS) is 10.3. The molecule has 0 aliphatic rings. The zero-order valence-corrected chi connectivity index (χ0v) is 8.12. The topological polar surface area (TPSA) is 77.0 Å². The predicted molar refractivity (Wildman–Crippen MR) is 53.4 cm³/mol. The number of rotatable bonds is 2. The smallest absolute Gasteiger partial charge is 0.321 e. The largest absolute Gasteiger partial charge is 0.389 e. The molecule has 0 bridgehead atoms. The van der Waals surface area contributed by atoms with E-state index in [1.54, 1.807) is 0 Å². The zero-order valence-electron chi connectivity index (χ0n) is 7.37. The summed E-state index contributed by atoms with van der Waals surface area (Å²) < 4.78 is 18.0. The molecule has 1 heterocycles. The summed E-state index contributed by atoms with van der Waals surface area (Å²) in [7, 11) is 0. The van der Waals surface area contributed by atoms with Gasteiger partial charge in [-0.25, -0.2) is 4.39 Å². The van der Waals surface area contributed by atoms with Crippen molar-refractivity contribution in [1.82, 2.24) is 10.2 Å². The van der Waals surface area contributed by atoms with E-state index in [-0.39, 0.29) is 17.7 Å². The third-order valence-corrected chi connectivity index (χ3v) is 1.85. The highest BCUT2D eigenvalue weighted by atomic mass is 35.5. The van der Waals surface area contributed by atoms with Crippen LogP contribution in [0.2, 0.25) is 5.02 Å². The second-order valence-electron chi connectivity index (χ2n) is 2.69. The zero-order chi connectivity index (χ0) is 10.8. The number of halogens is 2. The van der Waals surface area contributed by atoms with Gasteiger partial charge in [-0.05, 0) is 18.2 Å². The van der Waals surface area contributed by atoms with Crippen molar-refractivity contribution in [3.8, 4) is 0 Å². The van der Waals surface area contributed by atoms with Crippen molar-refractivity contribution in [3.05, 3.63) is 29.0 Å². The van der Waals surface area contributed by atoms with Crippen LogP contribution >= 0.6 is 11.6 Å². The van der Waals surface area contributed by atoms with Gasteiger partial charge < -0.3 is 15.5 Å². The van der Waals surface area contributed by atoms with Crippen molar-refractivity contribution in [2.24, 2.45) is 0 Å². The minimum absolute atomic E-state index is 0.00802. The van der Waals surface area contributed by atoms with Crippen LogP contribution in [0.1, 0.15) is 0 Å². The number of nitrogens with one attached hydrogen (secondary N) is 1. The van der Waals surface area contributed by atoms with Crippen LogP contribution in [0.25, 0.3) is 0 Å². The molecule has 0 unspecified atom stereocenters. The fourth-order valence-corrected chi connectivity index (χ4v) is 1.17. The maximum Gasteiger partial charge on any atom is 0.321 e. The van der Waals surface area contributed by atoms with E-state index in [1.165, 1.54) is 18.2 Å². The van der Waals surface area contributed by atoms with Crippen LogP contribution in [0.5, 0.6) is 0 Å². The van der Waals surface area contributed by atoms with Crippen molar-refractivity contribution < 1.29 is 8.81 Å². The van der Waals surface area contributed by atoms with Gasteiger partial charge in [-0.15, -0.1) is 0 Å². The molecule has 3 N–H and O–H groups in total. The quantitative estimate of drug-likeness (QED) is 0.824. The lowest BCUT2D eigenvalue weighted by Gasteiger charge is -2.02. The van der Waals surface area contributed by atoms with Crippen molar-refractivity contribution in [2.45, 2.75) is 0 Å². The second kappa shape index (κ2) is 3.74. The van der Waals surface area contributed by atoms with E-state index in [2.05, 4.69) is 15.5 Å². The summed E-state index contributed by atoms with van der Waals surface area (Å²) in [6.45, 7) is 0. The maximum atomic E-state index is 13.2. The fraction of sp³-hybridized carbons (Fsp3) is 0. The Hall–Kier alpha value is -1.82. The number of nitrogens with zero attached hydrogens (tertiary/aromatic N) is 2. The summed E-state index contributed by atoms with van der Waals surface area (Å²) >= 11 is 5.69. The molecule has 5 nitrogen and oxygen atoms in total. The number of nitrogens with two attached hydrogens (primary N) is 1. The lowest BCUT2D eigenvalue weighted by Crippen LogP contribution is -1.93. The SMILES string of the molecule is Nc1nnc(Nc2cc(Cl)ccc2F)o1. The Kier molecular flexibility index (Phi) is 2.42. The highest BCUT2D eigenvalue weighted by molar-refractivity contribution is 6.30. The van der Waals surface area contributed by atoms with Gasteiger partial charge in [-0.3, -0.25) is 0 Å².